The van der Waals surface area contributed by atoms with Gasteiger partial charge in [0.05, 0.1) is 34.6 Å². The molecular weight excluding hydrogens is 402 g/mol. The molecule has 5 rings (SSSR count). The van der Waals surface area contributed by atoms with E-state index >= 15 is 0 Å². The lowest BCUT2D eigenvalue weighted by molar-refractivity contribution is -0.187. The Bertz CT molecular complexity index is 1150. The minimum absolute atomic E-state index is 0.109. The van der Waals surface area contributed by atoms with Gasteiger partial charge < -0.3 is 20.1 Å². The summed E-state index contributed by atoms with van der Waals surface area (Å²) in [6.45, 7) is 8.03. The normalized spacial score (nSPS) is 23.6. The predicted octanol–water partition coefficient (Wildman–Crippen LogP) is 3.88. The Kier molecular flexibility index (Phi) is 4.60. The van der Waals surface area contributed by atoms with Crippen LogP contribution in [0.15, 0.2) is 71.8 Å². The van der Waals surface area contributed by atoms with Crippen molar-refractivity contribution in [2.45, 2.75) is 44.9 Å². The number of aliphatic hydroxyl groups excluding tert-OH is 1. The third-order valence-corrected chi connectivity index (χ3v) is 7.07. The predicted molar refractivity (Wildman–Crippen MR) is 124 cm³/mol. The first-order valence-electron chi connectivity index (χ1n) is 11.0. The van der Waals surface area contributed by atoms with Crippen molar-refractivity contribution >= 4 is 17.3 Å². The smallest absolute Gasteiger partial charge is 0.257 e. The lowest BCUT2D eigenvalue weighted by Crippen LogP contribution is -2.60. The first kappa shape index (κ1) is 20.9. The first-order chi connectivity index (χ1) is 15.2. The number of nitrogens with zero attached hydrogens (tertiary/aromatic N) is 3. The molecule has 2 aromatic carbocycles. The Morgan fingerprint density at radius 3 is 2.28 bits per heavy atom. The minimum atomic E-state index is -0.708. The number of para-hydroxylation sites is 1. The molecule has 3 aliphatic heterocycles. The van der Waals surface area contributed by atoms with Crippen LogP contribution >= 0.6 is 0 Å². The molecule has 1 amide bonds. The Morgan fingerprint density at radius 2 is 1.59 bits per heavy atom. The fourth-order valence-electron chi connectivity index (χ4n) is 5.61. The second kappa shape index (κ2) is 7.04. The maximum atomic E-state index is 13.6. The molecule has 2 N–H and O–H groups in total. The van der Waals surface area contributed by atoms with Gasteiger partial charge in [0.15, 0.2) is 0 Å². The number of anilines is 1. The first-order valence-corrected chi connectivity index (χ1v) is 11.0. The van der Waals surface area contributed by atoms with E-state index in [0.717, 1.165) is 28.1 Å². The molecule has 0 saturated heterocycles. The Labute approximate surface area is 188 Å². The van der Waals surface area contributed by atoms with Crippen molar-refractivity contribution in [2.24, 2.45) is 0 Å². The molecule has 1 atom stereocenters. The fourth-order valence-corrected chi connectivity index (χ4v) is 5.61. The van der Waals surface area contributed by atoms with Crippen LogP contribution in [0.1, 0.15) is 43.6 Å². The highest BCUT2D eigenvalue weighted by atomic mass is 16.5. The van der Waals surface area contributed by atoms with Gasteiger partial charge in [0.1, 0.15) is 6.17 Å². The number of hydrogen-bond donors (Lipinski definition) is 2. The molecule has 0 aliphatic carbocycles. The average Bonchev–Trinajstić information content (AvgIpc) is 2.93. The molecule has 166 valence electrons. The second-order valence-electron chi connectivity index (χ2n) is 9.64. The zero-order chi connectivity index (χ0) is 22.8. The van der Waals surface area contributed by atoms with E-state index in [1.165, 1.54) is 5.06 Å². The van der Waals surface area contributed by atoms with E-state index in [-0.39, 0.29) is 19.1 Å². The van der Waals surface area contributed by atoms with Gasteiger partial charge in [-0.05, 0) is 57.0 Å². The maximum absolute atomic E-state index is 13.6. The molecule has 6 nitrogen and oxygen atoms in total. The third-order valence-electron chi connectivity index (χ3n) is 7.07. The lowest BCUT2D eigenvalue weighted by Gasteiger charge is -2.51. The van der Waals surface area contributed by atoms with E-state index < -0.39 is 17.2 Å². The topological polar surface area (TPSA) is 67.2 Å². The van der Waals surface area contributed by atoms with Crippen LogP contribution in [-0.2, 0) is 0 Å². The average molecular weight is 432 g/mol. The van der Waals surface area contributed by atoms with E-state index in [4.69, 9.17) is 0 Å². The summed E-state index contributed by atoms with van der Waals surface area (Å²) in [5.41, 5.74) is 4.07. The number of rotatable bonds is 3. The molecule has 0 radical (unpaired) electrons. The van der Waals surface area contributed by atoms with Crippen molar-refractivity contribution in [3.05, 3.63) is 82.9 Å². The van der Waals surface area contributed by atoms with Crippen LogP contribution in [0.3, 0.4) is 0 Å². The summed E-state index contributed by atoms with van der Waals surface area (Å²) in [6, 6.07) is 17.7. The van der Waals surface area contributed by atoms with Gasteiger partial charge in [0.2, 0.25) is 0 Å². The summed E-state index contributed by atoms with van der Waals surface area (Å²) >= 11 is 0. The van der Waals surface area contributed by atoms with Crippen molar-refractivity contribution in [1.82, 2.24) is 9.96 Å². The van der Waals surface area contributed by atoms with Crippen LogP contribution < -0.4 is 4.90 Å². The van der Waals surface area contributed by atoms with Crippen molar-refractivity contribution in [3.63, 3.8) is 0 Å². The van der Waals surface area contributed by atoms with E-state index in [9.17, 15) is 15.1 Å². The number of hydrogen-bond acceptors (Lipinski definition) is 5. The molecule has 0 fully saturated rings. The SMILES string of the molecule is CC1(C)C2=C(C3N(CCO)C(=O)c4ccccc4N3C(c3ccccc3)=C2)C(C)(C)N1O. The van der Waals surface area contributed by atoms with Gasteiger partial charge in [-0.1, -0.05) is 42.5 Å². The van der Waals surface area contributed by atoms with Gasteiger partial charge in [-0.15, -0.1) is 0 Å². The van der Waals surface area contributed by atoms with E-state index in [1.807, 2.05) is 70.2 Å². The highest BCUT2D eigenvalue weighted by Gasteiger charge is 2.58. The minimum Gasteiger partial charge on any atom is -0.395 e. The quantitative estimate of drug-likeness (QED) is 0.772. The molecule has 6 heteroatoms. The second-order valence-corrected chi connectivity index (χ2v) is 9.64. The number of amides is 1. The molecule has 2 aromatic rings. The number of fused-ring (bicyclic) bond motifs is 4. The number of carbonyl (C=O) groups is 1. The van der Waals surface area contributed by atoms with Crippen molar-refractivity contribution in [2.75, 3.05) is 18.1 Å². The zero-order valence-electron chi connectivity index (χ0n) is 18.9. The fraction of sp³-hybridized carbons (Fsp3) is 0.346. The number of aliphatic hydroxyl groups is 1. The molecule has 0 spiro atoms. The molecule has 3 heterocycles. The molecule has 0 aromatic heterocycles. The van der Waals surface area contributed by atoms with Gasteiger partial charge in [-0.2, -0.15) is 5.06 Å². The molecule has 0 saturated carbocycles. The van der Waals surface area contributed by atoms with Crippen LogP contribution in [0.5, 0.6) is 0 Å². The van der Waals surface area contributed by atoms with Gasteiger partial charge in [0.25, 0.3) is 5.91 Å². The van der Waals surface area contributed by atoms with Crippen molar-refractivity contribution in [1.29, 1.82) is 0 Å². The number of carbonyl (C=O) groups excluding carboxylic acids is 1. The summed E-state index contributed by atoms with van der Waals surface area (Å²) in [5.74, 6) is -0.109. The molecule has 3 aliphatic rings. The van der Waals surface area contributed by atoms with E-state index in [0.29, 0.717) is 5.56 Å². The number of hydroxylamine groups is 2. The van der Waals surface area contributed by atoms with Crippen molar-refractivity contribution < 1.29 is 15.1 Å². The van der Waals surface area contributed by atoms with Crippen LogP contribution in [0.2, 0.25) is 0 Å². The van der Waals surface area contributed by atoms with Gasteiger partial charge >= 0.3 is 0 Å². The number of benzene rings is 2. The lowest BCUT2D eigenvalue weighted by atomic mass is 9.81. The Balaban J connectivity index is 1.86. The van der Waals surface area contributed by atoms with Crippen LogP contribution in [0.25, 0.3) is 5.70 Å². The summed E-state index contributed by atoms with van der Waals surface area (Å²) in [7, 11) is 0. The zero-order valence-corrected chi connectivity index (χ0v) is 18.9. The molecule has 0 bridgehead atoms. The summed E-state index contributed by atoms with van der Waals surface area (Å²) in [6.07, 6.45) is 1.70. The van der Waals surface area contributed by atoms with Crippen LogP contribution in [-0.4, -0.2) is 56.6 Å². The standard InChI is InChI=1S/C26H29N3O3/c1-25(2)19-16-21(17-10-6-5-7-11-17)28-20-13-9-8-12-18(20)24(31)27(14-15-30)23(28)22(19)26(3,4)29(25)32/h5-13,16,23,30,32H,14-15H2,1-4H3. The van der Waals surface area contributed by atoms with Gasteiger partial charge in [0, 0.05) is 12.1 Å². The van der Waals surface area contributed by atoms with Crippen LogP contribution in [0, 0.1) is 0 Å². The van der Waals surface area contributed by atoms with Gasteiger partial charge in [-0.25, -0.2) is 0 Å². The Morgan fingerprint density at radius 1 is 0.938 bits per heavy atom. The monoisotopic (exact) mass is 431 g/mol. The maximum Gasteiger partial charge on any atom is 0.257 e. The van der Waals surface area contributed by atoms with Gasteiger partial charge in [-0.3, -0.25) is 4.79 Å². The summed E-state index contributed by atoms with van der Waals surface area (Å²) in [4.78, 5) is 17.5. The Hall–Kier alpha value is -2.93. The largest absolute Gasteiger partial charge is 0.395 e. The van der Waals surface area contributed by atoms with Crippen LogP contribution in [0.4, 0.5) is 5.69 Å². The molecular formula is C26H29N3O3. The highest BCUT2D eigenvalue weighted by molar-refractivity contribution is 6.06. The highest BCUT2D eigenvalue weighted by Crippen LogP contribution is 2.53. The summed E-state index contributed by atoms with van der Waals surface area (Å²) in [5, 5.41) is 22.5. The summed E-state index contributed by atoms with van der Waals surface area (Å²) < 4.78 is 0. The molecule has 32 heavy (non-hydrogen) atoms. The van der Waals surface area contributed by atoms with E-state index in [2.05, 4.69) is 23.1 Å². The van der Waals surface area contributed by atoms with E-state index in [1.54, 1.807) is 4.90 Å². The molecule has 1 unspecified atom stereocenters. The van der Waals surface area contributed by atoms with Crippen molar-refractivity contribution in [3.8, 4) is 0 Å². The third kappa shape index (κ3) is 2.67. The number of β-amino-alcohol motifs (C(OH)–C–C–N with tert-alkyl or cyclic N) is 1.